The van der Waals surface area contributed by atoms with Gasteiger partial charge in [0.15, 0.2) is 0 Å². The van der Waals surface area contributed by atoms with Crippen molar-refractivity contribution in [2.75, 3.05) is 20.2 Å². The number of ether oxygens (including phenoxy) is 1. The molecule has 1 unspecified atom stereocenters. The minimum atomic E-state index is -0.587. The van der Waals surface area contributed by atoms with Crippen LogP contribution in [0.3, 0.4) is 0 Å². The fourth-order valence-corrected chi connectivity index (χ4v) is 1.45. The monoisotopic (exact) mass is 230 g/mol. The SMILES string of the molecule is CCC(C(=O)OC)N(CC)C(=O)CNC=O. The van der Waals surface area contributed by atoms with Gasteiger partial charge in [-0.25, -0.2) is 4.79 Å². The lowest BCUT2D eigenvalue weighted by atomic mass is 10.2. The highest BCUT2D eigenvalue weighted by Crippen LogP contribution is 2.06. The van der Waals surface area contributed by atoms with Crippen LogP contribution in [0, 0.1) is 0 Å². The summed E-state index contributed by atoms with van der Waals surface area (Å²) in [4.78, 5) is 34.5. The zero-order chi connectivity index (χ0) is 12.6. The lowest BCUT2D eigenvalue weighted by Gasteiger charge is -2.27. The first-order valence-corrected chi connectivity index (χ1v) is 5.16. The summed E-state index contributed by atoms with van der Waals surface area (Å²) in [6, 6.07) is -0.587. The number of hydrogen-bond acceptors (Lipinski definition) is 4. The molecule has 1 atom stereocenters. The molecule has 0 spiro atoms. The largest absolute Gasteiger partial charge is 0.467 e. The average molecular weight is 230 g/mol. The fraction of sp³-hybridized carbons (Fsp3) is 0.700. The summed E-state index contributed by atoms with van der Waals surface area (Å²) in [6.07, 6.45) is 0.929. The van der Waals surface area contributed by atoms with Gasteiger partial charge in [-0.2, -0.15) is 0 Å². The number of likely N-dealkylation sites (N-methyl/N-ethyl adjacent to an activating group) is 1. The Bertz CT molecular complexity index is 255. The molecule has 0 aromatic heterocycles. The minimum absolute atomic E-state index is 0.106. The topological polar surface area (TPSA) is 75.7 Å². The van der Waals surface area contributed by atoms with E-state index in [9.17, 15) is 14.4 Å². The van der Waals surface area contributed by atoms with Gasteiger partial charge in [-0.05, 0) is 13.3 Å². The number of carbonyl (C=O) groups is 3. The molecule has 6 nitrogen and oxygen atoms in total. The van der Waals surface area contributed by atoms with Crippen molar-refractivity contribution in [1.29, 1.82) is 0 Å². The molecule has 0 fully saturated rings. The van der Waals surface area contributed by atoms with E-state index in [1.165, 1.54) is 12.0 Å². The summed E-state index contributed by atoms with van der Waals surface area (Å²) < 4.78 is 4.62. The van der Waals surface area contributed by atoms with Crippen LogP contribution in [0.15, 0.2) is 0 Å². The second kappa shape index (κ2) is 7.67. The van der Waals surface area contributed by atoms with E-state index in [1.807, 2.05) is 0 Å². The molecule has 0 aliphatic heterocycles. The number of carbonyl (C=O) groups excluding carboxylic acids is 3. The molecule has 0 aromatic carbocycles. The Balaban J connectivity index is 4.59. The quantitative estimate of drug-likeness (QED) is 0.474. The van der Waals surface area contributed by atoms with Crippen LogP contribution in [0.5, 0.6) is 0 Å². The van der Waals surface area contributed by atoms with Gasteiger partial charge in [0.05, 0.1) is 13.7 Å². The zero-order valence-corrected chi connectivity index (χ0v) is 9.86. The van der Waals surface area contributed by atoms with E-state index in [1.54, 1.807) is 13.8 Å². The number of nitrogens with one attached hydrogen (secondary N) is 1. The standard InChI is InChI=1S/C10H18N2O4/c1-4-8(10(15)16-3)12(5-2)9(14)6-11-7-13/h7-8H,4-6H2,1-3H3,(H,11,13). The molecule has 0 saturated heterocycles. The Morgan fingerprint density at radius 1 is 1.44 bits per heavy atom. The van der Waals surface area contributed by atoms with Crippen molar-refractivity contribution in [2.45, 2.75) is 26.3 Å². The van der Waals surface area contributed by atoms with Gasteiger partial charge in [-0.3, -0.25) is 9.59 Å². The maximum absolute atomic E-state index is 11.7. The van der Waals surface area contributed by atoms with E-state index in [0.717, 1.165) is 0 Å². The molecule has 0 bridgehead atoms. The number of esters is 1. The molecule has 2 amide bonds. The van der Waals surface area contributed by atoms with Crippen LogP contribution >= 0.6 is 0 Å². The van der Waals surface area contributed by atoms with Crippen LogP contribution < -0.4 is 5.32 Å². The van der Waals surface area contributed by atoms with Gasteiger partial charge in [0, 0.05) is 6.54 Å². The highest BCUT2D eigenvalue weighted by Gasteiger charge is 2.27. The summed E-state index contributed by atoms with van der Waals surface area (Å²) in [5.74, 6) is -0.740. The number of hydrogen-bond donors (Lipinski definition) is 1. The van der Waals surface area contributed by atoms with Crippen LogP contribution in [0.25, 0.3) is 0 Å². The molecule has 6 heteroatoms. The molecule has 0 aliphatic carbocycles. The van der Waals surface area contributed by atoms with Gasteiger partial charge in [0.25, 0.3) is 0 Å². The van der Waals surface area contributed by atoms with Gasteiger partial charge in [0.1, 0.15) is 6.04 Å². The number of methoxy groups -OCH3 is 1. The third kappa shape index (κ3) is 3.88. The highest BCUT2D eigenvalue weighted by molar-refractivity contribution is 5.86. The second-order valence-corrected chi connectivity index (χ2v) is 3.13. The second-order valence-electron chi connectivity index (χ2n) is 3.13. The Morgan fingerprint density at radius 2 is 2.06 bits per heavy atom. The van der Waals surface area contributed by atoms with Crippen molar-refractivity contribution in [3.63, 3.8) is 0 Å². The normalized spacial score (nSPS) is 11.4. The van der Waals surface area contributed by atoms with Crippen molar-refractivity contribution in [2.24, 2.45) is 0 Å². The van der Waals surface area contributed by atoms with Crippen LogP contribution in [-0.2, 0) is 19.1 Å². The van der Waals surface area contributed by atoms with Gasteiger partial charge < -0.3 is 15.0 Å². The zero-order valence-electron chi connectivity index (χ0n) is 9.86. The van der Waals surface area contributed by atoms with Gasteiger partial charge in [-0.15, -0.1) is 0 Å². The van der Waals surface area contributed by atoms with Crippen molar-refractivity contribution in [3.8, 4) is 0 Å². The summed E-state index contributed by atoms with van der Waals surface area (Å²) in [6.45, 7) is 3.85. The third-order valence-electron chi connectivity index (χ3n) is 2.23. The third-order valence-corrected chi connectivity index (χ3v) is 2.23. The number of rotatable bonds is 7. The number of amides is 2. The Hall–Kier alpha value is -1.59. The van der Waals surface area contributed by atoms with E-state index in [-0.39, 0.29) is 12.5 Å². The summed E-state index contributed by atoms with van der Waals surface area (Å²) in [7, 11) is 1.28. The summed E-state index contributed by atoms with van der Waals surface area (Å²) in [5.41, 5.74) is 0. The van der Waals surface area contributed by atoms with Gasteiger partial charge >= 0.3 is 5.97 Å². The van der Waals surface area contributed by atoms with E-state index in [2.05, 4.69) is 10.1 Å². The fourth-order valence-electron chi connectivity index (χ4n) is 1.45. The van der Waals surface area contributed by atoms with Crippen molar-refractivity contribution < 1.29 is 19.1 Å². The first kappa shape index (κ1) is 14.4. The smallest absolute Gasteiger partial charge is 0.328 e. The Morgan fingerprint density at radius 3 is 2.44 bits per heavy atom. The van der Waals surface area contributed by atoms with E-state index >= 15 is 0 Å². The maximum Gasteiger partial charge on any atom is 0.328 e. The van der Waals surface area contributed by atoms with Crippen LogP contribution in [-0.4, -0.2) is 49.4 Å². The summed E-state index contributed by atoms with van der Waals surface area (Å²) >= 11 is 0. The summed E-state index contributed by atoms with van der Waals surface area (Å²) in [5, 5.41) is 2.27. The van der Waals surface area contributed by atoms with Crippen LogP contribution in [0.4, 0.5) is 0 Å². The first-order valence-electron chi connectivity index (χ1n) is 5.16. The van der Waals surface area contributed by atoms with Crippen molar-refractivity contribution in [3.05, 3.63) is 0 Å². The lowest BCUT2D eigenvalue weighted by molar-refractivity contribution is -0.152. The molecule has 1 N–H and O–H groups in total. The molecule has 0 saturated carbocycles. The Labute approximate surface area is 94.9 Å². The minimum Gasteiger partial charge on any atom is -0.467 e. The van der Waals surface area contributed by atoms with Crippen LogP contribution in [0.2, 0.25) is 0 Å². The molecule has 92 valence electrons. The van der Waals surface area contributed by atoms with Crippen molar-refractivity contribution in [1.82, 2.24) is 10.2 Å². The molecular weight excluding hydrogens is 212 g/mol. The average Bonchev–Trinajstić information content (AvgIpc) is 2.31. The van der Waals surface area contributed by atoms with Crippen LogP contribution in [0.1, 0.15) is 20.3 Å². The molecule has 0 aliphatic rings. The molecule has 0 radical (unpaired) electrons. The molecule has 16 heavy (non-hydrogen) atoms. The Kier molecular flexibility index (Phi) is 6.91. The molecular formula is C10H18N2O4. The molecule has 0 heterocycles. The highest BCUT2D eigenvalue weighted by atomic mass is 16.5. The predicted octanol–water partition coefficient (Wildman–Crippen LogP) is -0.467. The van der Waals surface area contributed by atoms with Gasteiger partial charge in [0.2, 0.25) is 12.3 Å². The molecule has 0 rings (SSSR count). The molecule has 0 aromatic rings. The first-order chi connectivity index (χ1) is 7.62. The van der Waals surface area contributed by atoms with E-state index < -0.39 is 12.0 Å². The predicted molar refractivity (Wildman–Crippen MR) is 57.5 cm³/mol. The van der Waals surface area contributed by atoms with Gasteiger partial charge in [-0.1, -0.05) is 6.92 Å². The lowest BCUT2D eigenvalue weighted by Crippen LogP contribution is -2.48. The number of nitrogens with zero attached hydrogens (tertiary/aromatic N) is 1. The van der Waals surface area contributed by atoms with E-state index in [4.69, 9.17) is 0 Å². The maximum atomic E-state index is 11.7. The van der Waals surface area contributed by atoms with Crippen molar-refractivity contribution >= 4 is 18.3 Å². The van der Waals surface area contributed by atoms with E-state index in [0.29, 0.717) is 19.4 Å².